The van der Waals surface area contributed by atoms with E-state index in [1.807, 2.05) is 0 Å². The Hall–Kier alpha value is -0.690. The van der Waals surface area contributed by atoms with Crippen LogP contribution in [0.2, 0.25) is 0 Å². The molecule has 38 valence electrons. The van der Waals surface area contributed by atoms with Gasteiger partial charge in [0.2, 0.25) is 0 Å². The number of aliphatic imine (C=N–C) groups is 1. The third kappa shape index (κ3) is 3.13. The maximum atomic E-state index is 7.88. The molecule has 3 nitrogen and oxygen atoms in total. The monoisotopic (exact) mass is 115 g/mol. The molecule has 0 bridgehead atoms. The molecule has 0 spiro atoms. The highest BCUT2D eigenvalue weighted by atomic mass is 32.1. The normalized spacial score (nSPS) is 10.1. The third-order valence-corrected chi connectivity index (χ3v) is 0.691. The first kappa shape index (κ1) is 6.31. The molecule has 0 rings (SSSR count). The van der Waals surface area contributed by atoms with E-state index in [1.54, 1.807) is 13.2 Å². The Balaban J connectivity index is 3.43. The van der Waals surface area contributed by atoms with Crippen LogP contribution in [0.3, 0.4) is 0 Å². The zero-order chi connectivity index (χ0) is 5.70. The van der Waals surface area contributed by atoms with E-state index in [4.69, 9.17) is 5.26 Å². The van der Waals surface area contributed by atoms with Gasteiger partial charge in [0.1, 0.15) is 0 Å². The summed E-state index contributed by atoms with van der Waals surface area (Å²) in [6, 6.07) is 0. The van der Waals surface area contributed by atoms with Gasteiger partial charge in [0.25, 0.3) is 0 Å². The molecule has 0 aromatic carbocycles. The molecule has 0 unspecified atom stereocenters. The predicted octanol–water partition coefficient (Wildman–Crippen LogP) is -0.0273. The second-order valence-electron chi connectivity index (χ2n) is 0.784. The summed E-state index contributed by atoms with van der Waals surface area (Å²) >= 11 is 3.73. The number of nitrogens with zero attached hydrogens (tertiary/aromatic N) is 2. The van der Waals surface area contributed by atoms with Crippen LogP contribution in [0.1, 0.15) is 0 Å². The molecule has 4 heteroatoms. The van der Waals surface area contributed by atoms with Crippen molar-refractivity contribution < 1.29 is 0 Å². The average molecular weight is 115 g/mol. The highest BCUT2D eigenvalue weighted by Gasteiger charge is 1.78. The van der Waals surface area contributed by atoms with E-state index in [0.717, 1.165) is 0 Å². The fraction of sp³-hybridized carbons (Fsp3) is 0.333. The van der Waals surface area contributed by atoms with Crippen molar-refractivity contribution in [3.8, 4) is 6.19 Å². The molecule has 7 heavy (non-hydrogen) atoms. The number of rotatable bonds is 0. The quantitative estimate of drug-likeness (QED) is 0.153. The molecule has 0 saturated heterocycles. The van der Waals surface area contributed by atoms with Crippen molar-refractivity contribution in [2.24, 2.45) is 4.99 Å². The molecule has 0 radical (unpaired) electrons. The summed E-state index contributed by atoms with van der Waals surface area (Å²) in [5, 5.41) is 10.4. The van der Waals surface area contributed by atoms with Gasteiger partial charge in [0, 0.05) is 7.05 Å². The first-order valence-corrected chi connectivity index (χ1v) is 2.07. The maximum Gasteiger partial charge on any atom is 0.183 e. The number of hydrogen-bond donors (Lipinski definition) is 2. The standard InChI is InChI=1S/C3H5N3S/c1-5-3(7)6-2-4/h1H3,(H2,5,6,7). The minimum Gasteiger partial charge on any atom is -0.272 e. The fourth-order valence-electron chi connectivity index (χ4n) is 0.106. The molecule has 0 saturated carbocycles. The van der Waals surface area contributed by atoms with Gasteiger partial charge in [-0.25, -0.2) is 0 Å². The fourth-order valence-corrected chi connectivity index (χ4v) is 0.156. The minimum atomic E-state index is 0.336. The van der Waals surface area contributed by atoms with Crippen LogP contribution in [0, 0.1) is 11.5 Å². The van der Waals surface area contributed by atoms with Crippen molar-refractivity contribution in [3.05, 3.63) is 0 Å². The van der Waals surface area contributed by atoms with E-state index in [1.165, 1.54) is 0 Å². The largest absolute Gasteiger partial charge is 0.272 e. The van der Waals surface area contributed by atoms with Gasteiger partial charge in [-0.05, 0) is 0 Å². The molecule has 0 amide bonds. The van der Waals surface area contributed by atoms with Crippen molar-refractivity contribution in [1.82, 2.24) is 5.32 Å². The summed E-state index contributed by atoms with van der Waals surface area (Å²) in [6.07, 6.45) is 1.66. The van der Waals surface area contributed by atoms with Gasteiger partial charge >= 0.3 is 0 Å². The first-order chi connectivity index (χ1) is 3.31. The van der Waals surface area contributed by atoms with Crippen molar-refractivity contribution in [2.75, 3.05) is 7.05 Å². The number of nitrogens with one attached hydrogen (secondary N) is 1. The van der Waals surface area contributed by atoms with E-state index in [0.29, 0.717) is 5.17 Å². The Labute approximate surface area is 47.5 Å². The summed E-state index contributed by atoms with van der Waals surface area (Å²) in [5.41, 5.74) is 0. The summed E-state index contributed by atoms with van der Waals surface area (Å²) in [5.74, 6) is 0. The Morgan fingerprint density at radius 3 is 2.71 bits per heavy atom. The van der Waals surface area contributed by atoms with Gasteiger partial charge in [0.15, 0.2) is 11.4 Å². The molecule has 0 atom stereocenters. The second kappa shape index (κ2) is 3.50. The molecule has 0 fully saturated rings. The zero-order valence-electron chi connectivity index (χ0n) is 3.84. The Morgan fingerprint density at radius 1 is 2.00 bits per heavy atom. The predicted molar refractivity (Wildman–Crippen MR) is 31.1 cm³/mol. The number of hydrogen-bond acceptors (Lipinski definition) is 2. The minimum absolute atomic E-state index is 0.336. The number of amidine groups is 1. The van der Waals surface area contributed by atoms with Gasteiger partial charge in [-0.1, -0.05) is 0 Å². The molecular weight excluding hydrogens is 110 g/mol. The molecule has 0 aliphatic heterocycles. The lowest BCUT2D eigenvalue weighted by molar-refractivity contribution is 1.26. The van der Waals surface area contributed by atoms with E-state index in [9.17, 15) is 0 Å². The molecule has 0 heterocycles. The van der Waals surface area contributed by atoms with Crippen LogP contribution in [0.25, 0.3) is 0 Å². The molecule has 0 aromatic rings. The molecule has 0 aliphatic carbocycles. The zero-order valence-corrected chi connectivity index (χ0v) is 4.74. The van der Waals surface area contributed by atoms with Gasteiger partial charge < -0.3 is 0 Å². The van der Waals surface area contributed by atoms with Gasteiger partial charge in [-0.2, -0.15) is 5.26 Å². The molecular formula is C3H5N3S. The lowest BCUT2D eigenvalue weighted by Gasteiger charge is -1.85. The average Bonchev–Trinajstić information content (AvgIpc) is 1.68. The SMILES string of the molecule is C/N=C(\S)NC#N. The van der Waals surface area contributed by atoms with Crippen LogP contribution in [0.5, 0.6) is 0 Å². The second-order valence-corrected chi connectivity index (χ2v) is 1.21. The highest BCUT2D eigenvalue weighted by molar-refractivity contribution is 7.96. The molecule has 0 aromatic heterocycles. The van der Waals surface area contributed by atoms with Crippen molar-refractivity contribution in [2.45, 2.75) is 0 Å². The molecule has 1 N–H and O–H groups in total. The Bertz CT molecular complexity index is 112. The topological polar surface area (TPSA) is 48.2 Å². The van der Waals surface area contributed by atoms with E-state index >= 15 is 0 Å². The summed E-state index contributed by atoms with van der Waals surface area (Å²) in [7, 11) is 1.55. The van der Waals surface area contributed by atoms with E-state index in [2.05, 4.69) is 22.9 Å². The van der Waals surface area contributed by atoms with Gasteiger partial charge in [-0.15, -0.1) is 12.6 Å². The first-order valence-electron chi connectivity index (χ1n) is 1.62. The van der Waals surface area contributed by atoms with Crippen LogP contribution in [0.4, 0.5) is 0 Å². The molecule has 0 aliphatic rings. The number of nitriles is 1. The van der Waals surface area contributed by atoms with Crippen LogP contribution in [0.15, 0.2) is 4.99 Å². The van der Waals surface area contributed by atoms with Crippen molar-refractivity contribution >= 4 is 17.8 Å². The Morgan fingerprint density at radius 2 is 2.57 bits per heavy atom. The van der Waals surface area contributed by atoms with E-state index < -0.39 is 0 Å². The lowest BCUT2D eigenvalue weighted by atomic mass is 11.1. The summed E-state index contributed by atoms with van der Waals surface area (Å²) in [6.45, 7) is 0. The summed E-state index contributed by atoms with van der Waals surface area (Å²) in [4.78, 5) is 3.53. The lowest BCUT2D eigenvalue weighted by Crippen LogP contribution is -2.09. The number of thiol groups is 1. The highest BCUT2D eigenvalue weighted by Crippen LogP contribution is 1.72. The van der Waals surface area contributed by atoms with Crippen LogP contribution in [-0.4, -0.2) is 12.2 Å². The summed E-state index contributed by atoms with van der Waals surface area (Å²) < 4.78 is 0. The van der Waals surface area contributed by atoms with Crippen LogP contribution >= 0.6 is 12.6 Å². The van der Waals surface area contributed by atoms with Crippen molar-refractivity contribution in [1.29, 1.82) is 5.26 Å². The van der Waals surface area contributed by atoms with Crippen LogP contribution in [-0.2, 0) is 0 Å². The van der Waals surface area contributed by atoms with Crippen molar-refractivity contribution in [3.63, 3.8) is 0 Å². The Kier molecular flexibility index (Phi) is 3.15. The van der Waals surface area contributed by atoms with Gasteiger partial charge in [-0.3, -0.25) is 10.3 Å². The third-order valence-electron chi connectivity index (χ3n) is 0.380. The van der Waals surface area contributed by atoms with Gasteiger partial charge in [0.05, 0.1) is 0 Å². The maximum absolute atomic E-state index is 7.88. The van der Waals surface area contributed by atoms with E-state index in [-0.39, 0.29) is 0 Å². The van der Waals surface area contributed by atoms with Crippen LogP contribution < -0.4 is 5.32 Å². The smallest absolute Gasteiger partial charge is 0.183 e.